The van der Waals surface area contributed by atoms with Gasteiger partial charge in [-0.3, -0.25) is 4.40 Å². The van der Waals surface area contributed by atoms with Crippen LogP contribution in [0.3, 0.4) is 0 Å². The van der Waals surface area contributed by atoms with Gasteiger partial charge in [-0.15, -0.1) is 0 Å². The molecular formula is C15H14FN3O2. The summed E-state index contributed by atoms with van der Waals surface area (Å²) in [5.41, 5.74) is 7.42. The van der Waals surface area contributed by atoms with Crippen LogP contribution < -0.4 is 15.2 Å². The maximum absolute atomic E-state index is 13.8. The van der Waals surface area contributed by atoms with Crippen molar-refractivity contribution >= 4 is 11.5 Å². The molecule has 0 spiro atoms. The minimum Gasteiger partial charge on any atom is -0.497 e. The Morgan fingerprint density at radius 2 is 2.00 bits per heavy atom. The number of hydrogen-bond acceptors (Lipinski definition) is 4. The number of hydrogen-bond donors (Lipinski definition) is 1. The second-order valence-corrected chi connectivity index (χ2v) is 4.46. The molecular weight excluding hydrogens is 273 g/mol. The highest BCUT2D eigenvalue weighted by Gasteiger charge is 2.17. The minimum absolute atomic E-state index is 0.183. The number of methoxy groups -OCH3 is 2. The Morgan fingerprint density at radius 1 is 1.19 bits per heavy atom. The molecule has 0 bridgehead atoms. The van der Waals surface area contributed by atoms with Crippen molar-refractivity contribution in [1.29, 1.82) is 0 Å². The molecule has 0 aliphatic carbocycles. The number of rotatable bonds is 3. The molecule has 0 atom stereocenters. The van der Waals surface area contributed by atoms with Crippen LogP contribution in [-0.2, 0) is 0 Å². The minimum atomic E-state index is -0.428. The Kier molecular flexibility index (Phi) is 3.13. The van der Waals surface area contributed by atoms with E-state index in [4.69, 9.17) is 15.2 Å². The Labute approximate surface area is 120 Å². The van der Waals surface area contributed by atoms with Crippen molar-refractivity contribution in [2.75, 3.05) is 20.0 Å². The summed E-state index contributed by atoms with van der Waals surface area (Å²) in [6.07, 6.45) is 1.67. The third kappa shape index (κ3) is 2.05. The average molecular weight is 287 g/mol. The number of nitrogen functional groups attached to an aromatic ring is 1. The van der Waals surface area contributed by atoms with Gasteiger partial charge < -0.3 is 15.2 Å². The topological polar surface area (TPSA) is 61.8 Å². The zero-order valence-electron chi connectivity index (χ0n) is 11.6. The van der Waals surface area contributed by atoms with Crippen LogP contribution in [0.4, 0.5) is 10.2 Å². The van der Waals surface area contributed by atoms with E-state index in [1.54, 1.807) is 44.7 Å². The zero-order chi connectivity index (χ0) is 15.0. The van der Waals surface area contributed by atoms with Gasteiger partial charge in [0, 0.05) is 17.8 Å². The van der Waals surface area contributed by atoms with E-state index in [1.807, 2.05) is 0 Å². The summed E-state index contributed by atoms with van der Waals surface area (Å²) in [6, 6.07) is 8.22. The number of fused-ring (bicyclic) bond motifs is 1. The number of pyridine rings is 1. The van der Waals surface area contributed by atoms with E-state index in [-0.39, 0.29) is 5.65 Å². The summed E-state index contributed by atoms with van der Waals surface area (Å²) in [7, 11) is 3.12. The summed E-state index contributed by atoms with van der Waals surface area (Å²) in [4.78, 5) is 4.29. The zero-order valence-corrected chi connectivity index (χ0v) is 11.6. The first-order chi connectivity index (χ1) is 10.2. The summed E-state index contributed by atoms with van der Waals surface area (Å²) < 4.78 is 25.8. The summed E-state index contributed by atoms with van der Waals surface area (Å²) >= 11 is 0. The van der Waals surface area contributed by atoms with E-state index < -0.39 is 5.82 Å². The lowest BCUT2D eigenvalue weighted by Gasteiger charge is -2.09. The first kappa shape index (κ1) is 13.2. The van der Waals surface area contributed by atoms with Crippen LogP contribution >= 0.6 is 0 Å². The van der Waals surface area contributed by atoms with E-state index in [2.05, 4.69) is 4.98 Å². The van der Waals surface area contributed by atoms with E-state index in [1.165, 1.54) is 10.5 Å². The number of ether oxygens (including phenoxy) is 2. The number of imidazole rings is 1. The Bertz CT molecular complexity index is 814. The van der Waals surface area contributed by atoms with Gasteiger partial charge in [0.05, 0.1) is 14.2 Å². The number of nitrogens with zero attached hydrogens (tertiary/aromatic N) is 2. The molecule has 1 aromatic carbocycles. The van der Waals surface area contributed by atoms with Gasteiger partial charge in [0.2, 0.25) is 0 Å². The number of benzene rings is 1. The fourth-order valence-corrected chi connectivity index (χ4v) is 2.25. The predicted molar refractivity (Wildman–Crippen MR) is 78.1 cm³/mol. The maximum atomic E-state index is 13.8. The lowest BCUT2D eigenvalue weighted by Crippen LogP contribution is -1.96. The molecule has 0 unspecified atom stereocenters. The lowest BCUT2D eigenvalue weighted by molar-refractivity contribution is 0.395. The van der Waals surface area contributed by atoms with Crippen molar-refractivity contribution in [2.24, 2.45) is 0 Å². The van der Waals surface area contributed by atoms with Gasteiger partial charge in [-0.1, -0.05) is 0 Å². The molecule has 3 rings (SSSR count). The highest BCUT2D eigenvalue weighted by molar-refractivity contribution is 5.79. The van der Waals surface area contributed by atoms with E-state index in [9.17, 15) is 4.39 Å². The standard InChI is InChI=1S/C15H14FN3O2/c1-20-9-5-6-10(12(8-9)21-2)13-14(17)19-7-3-4-11(16)15(19)18-13/h3-8H,17H2,1-2H3. The number of nitrogens with two attached hydrogens (primary N) is 1. The SMILES string of the molecule is COc1ccc(-c2nc3c(F)cccn3c2N)c(OC)c1. The van der Waals surface area contributed by atoms with Crippen LogP contribution in [0.2, 0.25) is 0 Å². The number of anilines is 1. The first-order valence-corrected chi connectivity index (χ1v) is 6.30. The van der Waals surface area contributed by atoms with Gasteiger partial charge in [-0.2, -0.15) is 0 Å². The fourth-order valence-electron chi connectivity index (χ4n) is 2.25. The van der Waals surface area contributed by atoms with Gasteiger partial charge in [-0.25, -0.2) is 9.37 Å². The third-order valence-corrected chi connectivity index (χ3v) is 3.30. The van der Waals surface area contributed by atoms with Crippen LogP contribution in [-0.4, -0.2) is 23.6 Å². The highest BCUT2D eigenvalue weighted by Crippen LogP contribution is 2.36. The number of aromatic nitrogens is 2. The molecule has 5 nitrogen and oxygen atoms in total. The van der Waals surface area contributed by atoms with Crippen LogP contribution in [0.5, 0.6) is 11.5 Å². The van der Waals surface area contributed by atoms with E-state index >= 15 is 0 Å². The molecule has 2 aromatic heterocycles. The van der Waals surface area contributed by atoms with E-state index in [0.29, 0.717) is 28.6 Å². The van der Waals surface area contributed by atoms with Crippen LogP contribution in [0, 0.1) is 5.82 Å². The summed E-state index contributed by atoms with van der Waals surface area (Å²) in [6.45, 7) is 0. The van der Waals surface area contributed by atoms with Crippen molar-refractivity contribution < 1.29 is 13.9 Å². The third-order valence-electron chi connectivity index (χ3n) is 3.30. The second-order valence-electron chi connectivity index (χ2n) is 4.46. The van der Waals surface area contributed by atoms with Crippen LogP contribution in [0.1, 0.15) is 0 Å². The molecule has 0 radical (unpaired) electrons. The molecule has 21 heavy (non-hydrogen) atoms. The molecule has 0 aliphatic rings. The molecule has 0 amide bonds. The number of halogens is 1. The quantitative estimate of drug-likeness (QED) is 0.804. The molecule has 0 aliphatic heterocycles. The van der Waals surface area contributed by atoms with Gasteiger partial charge in [-0.05, 0) is 24.3 Å². The molecule has 2 heterocycles. The second kappa shape index (κ2) is 4.97. The average Bonchev–Trinajstić information content (AvgIpc) is 2.85. The Balaban J connectivity index is 2.25. The van der Waals surface area contributed by atoms with Gasteiger partial charge in [0.25, 0.3) is 0 Å². The van der Waals surface area contributed by atoms with Crippen molar-refractivity contribution in [2.45, 2.75) is 0 Å². The largest absolute Gasteiger partial charge is 0.497 e. The van der Waals surface area contributed by atoms with Gasteiger partial charge >= 0.3 is 0 Å². The normalized spacial score (nSPS) is 10.8. The first-order valence-electron chi connectivity index (χ1n) is 6.30. The molecule has 6 heteroatoms. The Morgan fingerprint density at radius 3 is 2.67 bits per heavy atom. The Hall–Kier alpha value is -2.76. The lowest BCUT2D eigenvalue weighted by atomic mass is 10.1. The monoisotopic (exact) mass is 287 g/mol. The predicted octanol–water partition coefficient (Wildman–Crippen LogP) is 2.74. The van der Waals surface area contributed by atoms with Gasteiger partial charge in [0.1, 0.15) is 23.0 Å². The van der Waals surface area contributed by atoms with Crippen LogP contribution in [0.15, 0.2) is 36.5 Å². The highest BCUT2D eigenvalue weighted by atomic mass is 19.1. The molecule has 0 fully saturated rings. The van der Waals surface area contributed by atoms with E-state index in [0.717, 1.165) is 0 Å². The smallest absolute Gasteiger partial charge is 0.175 e. The molecule has 108 valence electrons. The van der Waals surface area contributed by atoms with Crippen molar-refractivity contribution in [3.63, 3.8) is 0 Å². The van der Waals surface area contributed by atoms with Gasteiger partial charge in [0.15, 0.2) is 11.5 Å². The molecule has 0 saturated carbocycles. The van der Waals surface area contributed by atoms with Crippen molar-refractivity contribution in [3.05, 3.63) is 42.3 Å². The summed E-state index contributed by atoms with van der Waals surface area (Å²) in [5, 5.41) is 0. The molecule has 2 N–H and O–H groups in total. The maximum Gasteiger partial charge on any atom is 0.175 e. The molecule has 3 aromatic rings. The molecule has 0 saturated heterocycles. The van der Waals surface area contributed by atoms with Crippen molar-refractivity contribution in [3.8, 4) is 22.8 Å². The fraction of sp³-hybridized carbons (Fsp3) is 0.133. The van der Waals surface area contributed by atoms with Crippen LogP contribution in [0.25, 0.3) is 16.9 Å². The van der Waals surface area contributed by atoms with Crippen molar-refractivity contribution in [1.82, 2.24) is 9.38 Å². The summed E-state index contributed by atoms with van der Waals surface area (Å²) in [5.74, 6) is 1.14.